The van der Waals surface area contributed by atoms with Gasteiger partial charge < -0.3 is 34.2 Å². The Balaban J connectivity index is 1.46. The van der Waals surface area contributed by atoms with Crippen molar-refractivity contribution in [3.8, 4) is 11.5 Å². The standard InChI is InChI=1S/C18H24BN2O7/c1-20-8-2-3-13(20)17(22)21-9-12(10-21)27-14-5-4-11-6-7-19(25,26)28-16(11)15(14)18(23)24/h4-5,12-13,25-26H,2-3,6-10H2,1H3,(H,23,24)/q-1/p-1/t13-/m0/s1. The number of carbonyl (C=O) groups is 2. The second-order valence-corrected chi connectivity index (χ2v) is 7.85. The second kappa shape index (κ2) is 6.95. The Morgan fingerprint density at radius 3 is 2.71 bits per heavy atom. The van der Waals surface area contributed by atoms with Crippen LogP contribution in [0.5, 0.6) is 11.5 Å². The maximum atomic E-state index is 12.5. The number of nitrogens with zero attached hydrogens (tertiary/aromatic N) is 2. The minimum atomic E-state index is -3.10. The highest BCUT2D eigenvalue weighted by molar-refractivity contribution is 6.59. The van der Waals surface area contributed by atoms with Crippen molar-refractivity contribution in [3.05, 3.63) is 23.3 Å². The number of aryl methyl sites for hydroxylation is 1. The molecule has 3 aliphatic rings. The van der Waals surface area contributed by atoms with Gasteiger partial charge in [-0.15, -0.1) is 0 Å². The quantitative estimate of drug-likeness (QED) is 0.602. The van der Waals surface area contributed by atoms with Gasteiger partial charge in [0.15, 0.2) is 0 Å². The molecule has 2 N–H and O–H groups in total. The maximum absolute atomic E-state index is 12.5. The van der Waals surface area contributed by atoms with Crippen molar-refractivity contribution in [1.29, 1.82) is 0 Å². The third-order valence-corrected chi connectivity index (χ3v) is 5.76. The minimum absolute atomic E-state index is 0.00496. The van der Waals surface area contributed by atoms with Crippen LogP contribution < -0.4 is 14.5 Å². The first-order valence-corrected chi connectivity index (χ1v) is 9.57. The summed E-state index contributed by atoms with van der Waals surface area (Å²) in [6.07, 6.45) is 1.79. The van der Waals surface area contributed by atoms with E-state index in [9.17, 15) is 24.7 Å². The molecule has 0 aromatic heterocycles. The first kappa shape index (κ1) is 19.0. The van der Waals surface area contributed by atoms with Gasteiger partial charge in [-0.1, -0.05) is 12.4 Å². The van der Waals surface area contributed by atoms with E-state index in [1.807, 2.05) is 11.9 Å². The Morgan fingerprint density at radius 1 is 1.32 bits per heavy atom. The first-order chi connectivity index (χ1) is 13.2. The fraction of sp³-hybridized carbons (Fsp3) is 0.556. The van der Waals surface area contributed by atoms with Gasteiger partial charge in [-0.2, -0.15) is 0 Å². The Bertz CT molecular complexity index is 809. The molecule has 0 aliphatic carbocycles. The molecule has 3 aliphatic heterocycles. The van der Waals surface area contributed by atoms with Crippen molar-refractivity contribution in [2.45, 2.75) is 37.7 Å². The van der Waals surface area contributed by atoms with Crippen LogP contribution in [0.3, 0.4) is 0 Å². The van der Waals surface area contributed by atoms with E-state index in [4.69, 9.17) is 9.39 Å². The molecule has 0 bridgehead atoms. The van der Waals surface area contributed by atoms with Gasteiger partial charge in [0.1, 0.15) is 11.9 Å². The maximum Gasteiger partial charge on any atom is 0.430 e. The SMILES string of the molecule is CN1CCC[C@H]1C(=O)N1CC(Oc2ccc3c(c2C(=O)[O-])O[B-](O)(O)CC3)C1. The molecule has 0 unspecified atom stereocenters. The van der Waals surface area contributed by atoms with Crippen molar-refractivity contribution in [3.63, 3.8) is 0 Å². The molecule has 1 aromatic rings. The fourth-order valence-electron chi connectivity index (χ4n) is 4.13. The third kappa shape index (κ3) is 3.43. The summed E-state index contributed by atoms with van der Waals surface area (Å²) in [6, 6.07) is 3.08. The number of benzene rings is 1. The topological polar surface area (TPSA) is 123 Å². The van der Waals surface area contributed by atoms with Crippen LogP contribution in [-0.2, 0) is 11.2 Å². The second-order valence-electron chi connectivity index (χ2n) is 7.85. The monoisotopic (exact) mass is 390 g/mol. The van der Waals surface area contributed by atoms with Crippen molar-refractivity contribution in [2.75, 3.05) is 26.7 Å². The molecule has 9 nitrogen and oxygen atoms in total. The number of aromatic carboxylic acids is 1. The van der Waals surface area contributed by atoms with Crippen LogP contribution in [0, 0.1) is 0 Å². The lowest BCUT2D eigenvalue weighted by Crippen LogP contribution is -2.59. The summed E-state index contributed by atoms with van der Waals surface area (Å²) in [5, 5.41) is 31.2. The van der Waals surface area contributed by atoms with E-state index in [0.717, 1.165) is 19.4 Å². The summed E-state index contributed by atoms with van der Waals surface area (Å²) in [5.74, 6) is -1.52. The fourth-order valence-corrected chi connectivity index (χ4v) is 4.13. The zero-order valence-corrected chi connectivity index (χ0v) is 15.7. The molecule has 2 saturated heterocycles. The molecule has 0 spiro atoms. The zero-order chi connectivity index (χ0) is 20.1. The van der Waals surface area contributed by atoms with E-state index in [-0.39, 0.29) is 47.9 Å². The van der Waals surface area contributed by atoms with Crippen molar-refractivity contribution < 1.29 is 34.1 Å². The number of carbonyl (C=O) groups excluding carboxylic acids is 2. The molecule has 4 rings (SSSR count). The normalized spacial score (nSPS) is 24.2. The number of rotatable bonds is 4. The van der Waals surface area contributed by atoms with Crippen molar-refractivity contribution >= 4 is 18.6 Å². The Labute approximate surface area is 162 Å². The number of carboxylic acids is 1. The van der Waals surface area contributed by atoms with Crippen molar-refractivity contribution in [1.82, 2.24) is 9.80 Å². The van der Waals surface area contributed by atoms with Crippen LogP contribution in [0.25, 0.3) is 0 Å². The molecule has 152 valence electrons. The molecule has 2 fully saturated rings. The Hall–Kier alpha value is -2.30. The van der Waals surface area contributed by atoms with E-state index < -0.39 is 12.7 Å². The average Bonchev–Trinajstić information content (AvgIpc) is 3.01. The lowest BCUT2D eigenvalue weighted by atomic mass is 9.70. The summed E-state index contributed by atoms with van der Waals surface area (Å²) >= 11 is 0. The summed E-state index contributed by atoms with van der Waals surface area (Å²) in [7, 11) is 1.94. The predicted molar refractivity (Wildman–Crippen MR) is 96.8 cm³/mol. The minimum Gasteiger partial charge on any atom is -0.669 e. The number of hydrogen-bond acceptors (Lipinski definition) is 8. The predicted octanol–water partition coefficient (Wildman–Crippen LogP) is -1.41. The lowest BCUT2D eigenvalue weighted by molar-refractivity contribution is -0.255. The number of likely N-dealkylation sites (N-methyl/N-ethyl adjacent to an activating group) is 1. The zero-order valence-electron chi connectivity index (χ0n) is 15.7. The Kier molecular flexibility index (Phi) is 4.72. The van der Waals surface area contributed by atoms with Gasteiger partial charge in [0.05, 0.1) is 36.4 Å². The van der Waals surface area contributed by atoms with Gasteiger partial charge in [-0.05, 0) is 44.5 Å². The molecular formula is C18H23BN2O7-2. The van der Waals surface area contributed by atoms with Crippen molar-refractivity contribution in [2.24, 2.45) is 0 Å². The van der Waals surface area contributed by atoms with E-state index in [1.165, 1.54) is 6.07 Å². The highest BCUT2D eigenvalue weighted by Gasteiger charge is 2.39. The molecule has 0 radical (unpaired) electrons. The molecule has 3 heterocycles. The van der Waals surface area contributed by atoms with Gasteiger partial charge in [0.2, 0.25) is 5.91 Å². The molecule has 1 atom stereocenters. The number of hydrogen-bond donors (Lipinski definition) is 2. The van der Waals surface area contributed by atoms with Crippen LogP contribution in [0.15, 0.2) is 12.1 Å². The molecular weight excluding hydrogens is 367 g/mol. The first-order valence-electron chi connectivity index (χ1n) is 9.57. The van der Waals surface area contributed by atoms with E-state index in [0.29, 0.717) is 18.7 Å². The van der Waals surface area contributed by atoms with Crippen LogP contribution in [0.4, 0.5) is 0 Å². The summed E-state index contributed by atoms with van der Waals surface area (Å²) < 4.78 is 10.9. The summed E-state index contributed by atoms with van der Waals surface area (Å²) in [6.45, 7) is -1.44. The average molecular weight is 390 g/mol. The molecule has 10 heteroatoms. The van der Waals surface area contributed by atoms with Crippen LogP contribution >= 0.6 is 0 Å². The third-order valence-electron chi connectivity index (χ3n) is 5.76. The number of amides is 1. The molecule has 1 aromatic carbocycles. The summed E-state index contributed by atoms with van der Waals surface area (Å²) in [5.41, 5.74) is 0.230. The van der Waals surface area contributed by atoms with Gasteiger partial charge in [0.25, 0.3) is 0 Å². The van der Waals surface area contributed by atoms with Gasteiger partial charge in [-0.25, -0.2) is 0 Å². The van der Waals surface area contributed by atoms with E-state index in [2.05, 4.69) is 0 Å². The number of fused-ring (bicyclic) bond motifs is 1. The van der Waals surface area contributed by atoms with Gasteiger partial charge >= 0.3 is 6.75 Å². The Morgan fingerprint density at radius 2 is 2.07 bits per heavy atom. The molecule has 1 amide bonds. The lowest BCUT2D eigenvalue weighted by Gasteiger charge is -2.42. The van der Waals surface area contributed by atoms with Crippen LogP contribution in [0.2, 0.25) is 6.32 Å². The van der Waals surface area contributed by atoms with Gasteiger partial charge in [0, 0.05) is 0 Å². The highest BCUT2D eigenvalue weighted by atomic mass is 16.6. The smallest absolute Gasteiger partial charge is 0.430 e. The van der Waals surface area contributed by atoms with Gasteiger partial charge in [-0.3, -0.25) is 9.69 Å². The van der Waals surface area contributed by atoms with E-state index >= 15 is 0 Å². The summed E-state index contributed by atoms with van der Waals surface area (Å²) in [4.78, 5) is 28.0. The number of ether oxygens (including phenoxy) is 1. The highest BCUT2D eigenvalue weighted by Crippen LogP contribution is 2.38. The molecule has 28 heavy (non-hydrogen) atoms. The van der Waals surface area contributed by atoms with Crippen LogP contribution in [0.1, 0.15) is 28.8 Å². The number of carboxylic acid groups (broad SMARTS) is 1. The van der Waals surface area contributed by atoms with E-state index in [1.54, 1.807) is 11.0 Å². The number of likely N-dealkylation sites (tertiary alicyclic amines) is 2. The molecule has 0 saturated carbocycles. The largest absolute Gasteiger partial charge is 0.669 e. The van der Waals surface area contributed by atoms with Crippen LogP contribution in [-0.4, -0.2) is 77.3 Å².